The Kier molecular flexibility index (Phi) is 5.23. The normalized spacial score (nSPS) is 11.0. The molecule has 0 aliphatic rings. The number of pyridine rings is 1. The van der Waals surface area contributed by atoms with Crippen molar-refractivity contribution in [3.05, 3.63) is 71.3 Å². The maximum Gasteiger partial charge on any atom is 0.157 e. The highest BCUT2D eigenvalue weighted by atomic mass is 32.2. The Labute approximate surface area is 168 Å². The summed E-state index contributed by atoms with van der Waals surface area (Å²) in [6.07, 6.45) is 0.802. The van der Waals surface area contributed by atoms with Gasteiger partial charge in [-0.3, -0.25) is 4.40 Å². The third-order valence-corrected chi connectivity index (χ3v) is 5.71. The Balaban J connectivity index is 1.64. The number of nitriles is 1. The largest absolute Gasteiger partial charge is 0.493 e. The van der Waals surface area contributed by atoms with Gasteiger partial charge in [-0.05, 0) is 49.2 Å². The molecule has 2 aromatic carbocycles. The van der Waals surface area contributed by atoms with E-state index >= 15 is 0 Å². The predicted octanol–water partition coefficient (Wildman–Crippen LogP) is 5.40. The number of aryl methyl sites for hydroxylation is 2. The topological polar surface area (TPSA) is 50.3 Å². The van der Waals surface area contributed by atoms with Gasteiger partial charge < -0.3 is 4.74 Å². The average molecular weight is 388 g/mol. The lowest BCUT2D eigenvalue weighted by molar-refractivity contribution is 0.344. The Morgan fingerprint density at radius 3 is 2.68 bits per heavy atom. The van der Waals surface area contributed by atoms with Gasteiger partial charge in [0.25, 0.3) is 0 Å². The van der Waals surface area contributed by atoms with Crippen molar-refractivity contribution in [2.24, 2.45) is 0 Å². The zero-order chi connectivity index (χ0) is 19.5. The third-order valence-electron chi connectivity index (χ3n) is 4.74. The predicted molar refractivity (Wildman–Crippen MR) is 114 cm³/mol. The smallest absolute Gasteiger partial charge is 0.157 e. The molecule has 0 atom stereocenters. The standard InChI is InChI=1S/C23H21N3OS/c1-3-17-14-22(28-13-12-27-18-10-8-16(2)9-11-18)26-21-7-5-4-6-20(21)25-23(26)19(17)15-24/h4-11,14H,3,12-13H2,1-2H3. The number of fused-ring (bicyclic) bond motifs is 3. The molecule has 0 aliphatic heterocycles. The van der Waals surface area contributed by atoms with Crippen molar-refractivity contribution in [1.29, 1.82) is 5.26 Å². The molecule has 0 N–H and O–H groups in total. The molecule has 28 heavy (non-hydrogen) atoms. The van der Waals surface area contributed by atoms with Crippen molar-refractivity contribution in [3.63, 3.8) is 0 Å². The quantitative estimate of drug-likeness (QED) is 0.328. The van der Waals surface area contributed by atoms with Crippen LogP contribution in [0.3, 0.4) is 0 Å². The van der Waals surface area contributed by atoms with Crippen molar-refractivity contribution in [3.8, 4) is 11.8 Å². The minimum absolute atomic E-state index is 0.614. The fourth-order valence-electron chi connectivity index (χ4n) is 3.29. The Morgan fingerprint density at radius 1 is 1.14 bits per heavy atom. The number of thioether (sulfide) groups is 1. The summed E-state index contributed by atoms with van der Waals surface area (Å²) in [7, 11) is 0. The summed E-state index contributed by atoms with van der Waals surface area (Å²) < 4.78 is 7.97. The SMILES string of the molecule is CCc1cc(SCCOc2ccc(C)cc2)n2c(nc3ccccc32)c1C#N. The van der Waals surface area contributed by atoms with E-state index in [2.05, 4.69) is 48.6 Å². The van der Waals surface area contributed by atoms with Crippen LogP contribution in [0, 0.1) is 18.3 Å². The fraction of sp³-hybridized carbons (Fsp3) is 0.217. The van der Waals surface area contributed by atoms with Gasteiger partial charge >= 0.3 is 0 Å². The van der Waals surface area contributed by atoms with E-state index in [0.717, 1.165) is 45.2 Å². The number of ether oxygens (including phenoxy) is 1. The molecular weight excluding hydrogens is 366 g/mol. The van der Waals surface area contributed by atoms with Gasteiger partial charge in [0.2, 0.25) is 0 Å². The number of rotatable bonds is 6. The number of hydrogen-bond acceptors (Lipinski definition) is 4. The van der Waals surface area contributed by atoms with Crippen molar-refractivity contribution in [1.82, 2.24) is 9.38 Å². The van der Waals surface area contributed by atoms with E-state index in [1.807, 2.05) is 30.3 Å². The first-order chi connectivity index (χ1) is 13.7. The van der Waals surface area contributed by atoms with E-state index in [4.69, 9.17) is 9.72 Å². The molecule has 2 aromatic heterocycles. The molecule has 4 rings (SSSR count). The van der Waals surface area contributed by atoms with E-state index in [1.165, 1.54) is 5.56 Å². The third kappa shape index (κ3) is 3.44. The number of benzene rings is 2. The molecule has 0 radical (unpaired) electrons. The van der Waals surface area contributed by atoms with Crippen LogP contribution in [-0.2, 0) is 6.42 Å². The highest BCUT2D eigenvalue weighted by Gasteiger charge is 2.16. The molecule has 0 bridgehead atoms. The van der Waals surface area contributed by atoms with Gasteiger partial charge in [0.05, 0.1) is 28.2 Å². The molecule has 4 aromatic rings. The Bertz CT molecular complexity index is 1170. The maximum absolute atomic E-state index is 9.69. The van der Waals surface area contributed by atoms with Gasteiger partial charge in [-0.1, -0.05) is 36.8 Å². The van der Waals surface area contributed by atoms with E-state index in [0.29, 0.717) is 12.2 Å². The van der Waals surface area contributed by atoms with Crippen molar-refractivity contribution >= 4 is 28.4 Å². The lowest BCUT2D eigenvalue weighted by atomic mass is 10.1. The Hall–Kier alpha value is -2.97. The molecule has 0 fully saturated rings. The van der Waals surface area contributed by atoms with Gasteiger partial charge in [0.1, 0.15) is 11.8 Å². The first-order valence-corrected chi connectivity index (χ1v) is 10.3. The van der Waals surface area contributed by atoms with Crippen LogP contribution in [0.15, 0.2) is 59.6 Å². The van der Waals surface area contributed by atoms with Crippen LogP contribution in [0.4, 0.5) is 0 Å². The first kappa shape index (κ1) is 18.4. The molecule has 0 unspecified atom stereocenters. The van der Waals surface area contributed by atoms with Crippen LogP contribution >= 0.6 is 11.8 Å². The number of hydrogen-bond donors (Lipinski definition) is 0. The Morgan fingerprint density at radius 2 is 1.93 bits per heavy atom. The second kappa shape index (κ2) is 7.95. The van der Waals surface area contributed by atoms with Crippen LogP contribution in [0.5, 0.6) is 5.75 Å². The van der Waals surface area contributed by atoms with Gasteiger partial charge in [0, 0.05) is 5.75 Å². The molecule has 140 valence electrons. The molecule has 5 heteroatoms. The van der Waals surface area contributed by atoms with Crippen LogP contribution in [0.2, 0.25) is 0 Å². The summed E-state index contributed by atoms with van der Waals surface area (Å²) in [6, 6.07) is 20.6. The van der Waals surface area contributed by atoms with Gasteiger partial charge in [-0.15, -0.1) is 11.8 Å². The number of aromatic nitrogens is 2. The van der Waals surface area contributed by atoms with Gasteiger partial charge in [-0.25, -0.2) is 4.98 Å². The zero-order valence-corrected chi connectivity index (χ0v) is 16.8. The van der Waals surface area contributed by atoms with Crippen molar-refractivity contribution in [2.75, 3.05) is 12.4 Å². The minimum Gasteiger partial charge on any atom is -0.493 e. The molecule has 0 saturated heterocycles. The lowest BCUT2D eigenvalue weighted by Gasteiger charge is -2.11. The van der Waals surface area contributed by atoms with E-state index in [1.54, 1.807) is 11.8 Å². The van der Waals surface area contributed by atoms with E-state index < -0.39 is 0 Å². The van der Waals surface area contributed by atoms with Crippen LogP contribution in [0.1, 0.15) is 23.6 Å². The van der Waals surface area contributed by atoms with Gasteiger partial charge in [-0.2, -0.15) is 5.26 Å². The molecule has 0 amide bonds. The maximum atomic E-state index is 9.69. The summed E-state index contributed by atoms with van der Waals surface area (Å²) in [5.41, 5.74) is 5.60. The molecule has 4 nitrogen and oxygen atoms in total. The highest BCUT2D eigenvalue weighted by Crippen LogP contribution is 2.30. The highest BCUT2D eigenvalue weighted by molar-refractivity contribution is 7.99. The number of imidazole rings is 1. The summed E-state index contributed by atoms with van der Waals surface area (Å²) in [6.45, 7) is 4.75. The van der Waals surface area contributed by atoms with Crippen molar-refractivity contribution in [2.45, 2.75) is 25.3 Å². The van der Waals surface area contributed by atoms with Crippen LogP contribution in [0.25, 0.3) is 16.7 Å². The average Bonchev–Trinajstić information content (AvgIpc) is 3.11. The summed E-state index contributed by atoms with van der Waals surface area (Å²) in [5.74, 6) is 1.70. The van der Waals surface area contributed by atoms with Crippen LogP contribution < -0.4 is 4.74 Å². The summed E-state index contributed by atoms with van der Waals surface area (Å²) in [5, 5.41) is 10.8. The number of nitrogens with zero attached hydrogens (tertiary/aromatic N) is 3. The summed E-state index contributed by atoms with van der Waals surface area (Å²) >= 11 is 1.73. The second-order valence-corrected chi connectivity index (χ2v) is 7.73. The number of para-hydroxylation sites is 2. The monoisotopic (exact) mass is 387 g/mol. The van der Waals surface area contributed by atoms with E-state index in [-0.39, 0.29) is 0 Å². The van der Waals surface area contributed by atoms with Gasteiger partial charge in [0.15, 0.2) is 5.65 Å². The molecule has 2 heterocycles. The second-order valence-electron chi connectivity index (χ2n) is 6.62. The molecule has 0 aliphatic carbocycles. The molecule has 0 spiro atoms. The van der Waals surface area contributed by atoms with Crippen molar-refractivity contribution < 1.29 is 4.74 Å². The first-order valence-electron chi connectivity index (χ1n) is 9.36. The zero-order valence-electron chi connectivity index (χ0n) is 16.0. The van der Waals surface area contributed by atoms with E-state index in [9.17, 15) is 5.26 Å². The lowest BCUT2D eigenvalue weighted by Crippen LogP contribution is -2.03. The fourth-order valence-corrected chi connectivity index (χ4v) is 4.21. The molecular formula is C23H21N3OS. The summed E-state index contributed by atoms with van der Waals surface area (Å²) in [4.78, 5) is 4.74. The minimum atomic E-state index is 0.614. The molecule has 0 saturated carbocycles. The van der Waals surface area contributed by atoms with Crippen LogP contribution in [-0.4, -0.2) is 21.7 Å².